The van der Waals surface area contributed by atoms with Crippen molar-refractivity contribution in [1.29, 1.82) is 0 Å². The molecule has 47 heavy (non-hydrogen) atoms. The predicted molar refractivity (Wildman–Crippen MR) is 182 cm³/mol. The van der Waals surface area contributed by atoms with Gasteiger partial charge in [-0.2, -0.15) is 0 Å². The van der Waals surface area contributed by atoms with Gasteiger partial charge in [0.1, 0.15) is 5.75 Å². The van der Waals surface area contributed by atoms with Gasteiger partial charge in [-0.3, -0.25) is 19.2 Å². The number of rotatable bonds is 13. The lowest BCUT2D eigenvalue weighted by atomic mass is 9.91. The van der Waals surface area contributed by atoms with Crippen molar-refractivity contribution < 1.29 is 34.1 Å². The molecule has 5 aromatic rings. The summed E-state index contributed by atoms with van der Waals surface area (Å²) in [6.07, 6.45) is 0.594. The Morgan fingerprint density at radius 3 is 1.64 bits per heavy atom. The number of carbonyl (C=O) groups excluding carboxylic acids is 2. The molecule has 0 aliphatic rings. The third kappa shape index (κ3) is 10.4. The Labute approximate surface area is 278 Å². The van der Waals surface area contributed by atoms with E-state index < -0.39 is 23.8 Å². The molecule has 0 radical (unpaired) electrons. The van der Waals surface area contributed by atoms with Crippen LogP contribution in [0.4, 0.5) is 0 Å². The summed E-state index contributed by atoms with van der Waals surface area (Å²) in [7, 11) is 1.55. The number of hydrogen-bond donors (Lipinski definition) is 2. The van der Waals surface area contributed by atoms with Crippen LogP contribution < -0.4 is 4.74 Å². The molecular formula is C39H35ClO7. The molecule has 2 N–H and O–H groups in total. The zero-order valence-corrected chi connectivity index (χ0v) is 26.6. The summed E-state index contributed by atoms with van der Waals surface area (Å²) in [6, 6.07) is 36.3. The minimum absolute atomic E-state index is 0.00255. The number of fused-ring (bicyclic) bond motifs is 1. The Morgan fingerprint density at radius 2 is 1.09 bits per heavy atom. The van der Waals surface area contributed by atoms with Gasteiger partial charge in [0.05, 0.1) is 18.9 Å². The summed E-state index contributed by atoms with van der Waals surface area (Å²) < 4.78 is 5.04. The second kappa shape index (κ2) is 16.9. The molecule has 0 amide bonds. The zero-order valence-electron chi connectivity index (χ0n) is 25.8. The Hall–Kier alpha value is -5.27. The van der Waals surface area contributed by atoms with Crippen molar-refractivity contribution in [3.8, 4) is 5.75 Å². The van der Waals surface area contributed by atoms with Crippen molar-refractivity contribution in [2.24, 2.45) is 11.8 Å². The molecule has 240 valence electrons. The van der Waals surface area contributed by atoms with Crippen LogP contribution in [0.1, 0.15) is 44.7 Å². The lowest BCUT2D eigenvalue weighted by Gasteiger charge is -2.12. The predicted octanol–water partition coefficient (Wildman–Crippen LogP) is 8.22. The van der Waals surface area contributed by atoms with Gasteiger partial charge < -0.3 is 14.9 Å². The van der Waals surface area contributed by atoms with E-state index in [2.05, 4.69) is 0 Å². The number of hydrogen-bond acceptors (Lipinski definition) is 5. The van der Waals surface area contributed by atoms with E-state index in [0.717, 1.165) is 21.9 Å². The highest BCUT2D eigenvalue weighted by Crippen LogP contribution is 2.21. The van der Waals surface area contributed by atoms with E-state index in [-0.39, 0.29) is 30.8 Å². The third-order valence-corrected chi connectivity index (χ3v) is 8.02. The Kier molecular flexibility index (Phi) is 12.4. The Morgan fingerprint density at radius 1 is 0.596 bits per heavy atom. The highest BCUT2D eigenvalue weighted by atomic mass is 35.5. The fraction of sp³-hybridized carbons (Fsp3) is 0.179. The van der Waals surface area contributed by atoms with Gasteiger partial charge >= 0.3 is 11.9 Å². The number of ketones is 2. The van der Waals surface area contributed by atoms with Crippen molar-refractivity contribution in [3.05, 3.63) is 149 Å². The maximum absolute atomic E-state index is 12.5. The largest absolute Gasteiger partial charge is 0.497 e. The van der Waals surface area contributed by atoms with Crippen LogP contribution in [-0.2, 0) is 22.4 Å². The Balaban J connectivity index is 0.000000213. The van der Waals surface area contributed by atoms with Gasteiger partial charge in [-0.15, -0.1) is 0 Å². The molecule has 0 bridgehead atoms. The number of ether oxygens (including phenoxy) is 1. The SMILES string of the molecule is COc1ccc(C(=O)CC(Cc2ccc(Cl)cc2)C(=O)O)cc1.O=C(CC(Cc1ccccc1)C(=O)O)c1ccc2ccccc2c1. The van der Waals surface area contributed by atoms with Crippen molar-refractivity contribution in [1.82, 2.24) is 0 Å². The molecule has 2 unspecified atom stereocenters. The Bertz CT molecular complexity index is 1820. The first-order valence-electron chi connectivity index (χ1n) is 15.1. The second-order valence-electron chi connectivity index (χ2n) is 11.1. The lowest BCUT2D eigenvalue weighted by Crippen LogP contribution is -2.20. The van der Waals surface area contributed by atoms with E-state index in [4.69, 9.17) is 16.3 Å². The quantitative estimate of drug-likeness (QED) is 0.123. The molecule has 2 atom stereocenters. The average molecular weight is 651 g/mol. The first kappa shape index (κ1) is 34.6. The summed E-state index contributed by atoms with van der Waals surface area (Å²) in [5.41, 5.74) is 2.81. The van der Waals surface area contributed by atoms with Gasteiger partial charge in [-0.05, 0) is 77.2 Å². The molecule has 0 fully saturated rings. The maximum Gasteiger partial charge on any atom is 0.307 e. The van der Waals surface area contributed by atoms with Crippen LogP contribution in [-0.4, -0.2) is 40.8 Å². The number of Topliss-reactive ketones (excluding diaryl/α,β-unsaturated/α-hetero) is 2. The van der Waals surface area contributed by atoms with Gasteiger partial charge in [0.15, 0.2) is 11.6 Å². The van der Waals surface area contributed by atoms with Gasteiger partial charge in [0, 0.05) is 29.0 Å². The number of benzene rings is 5. The highest BCUT2D eigenvalue weighted by Gasteiger charge is 2.23. The molecule has 0 aromatic heterocycles. The standard InChI is InChI=1S/C21H18O3.C18H17ClO4/c22-20(18-11-10-16-8-4-5-9-17(16)13-18)14-19(21(23)24)12-15-6-2-1-3-7-15;1-23-16-8-4-13(5-9-16)17(20)11-14(18(21)22)10-12-2-6-15(19)7-3-12/h1-11,13,19H,12,14H2,(H,23,24);2-9,14H,10-11H2,1H3,(H,21,22). The molecule has 5 aromatic carbocycles. The van der Waals surface area contributed by atoms with Crippen LogP contribution >= 0.6 is 11.6 Å². The fourth-order valence-electron chi connectivity index (χ4n) is 5.12. The number of carbonyl (C=O) groups is 4. The van der Waals surface area contributed by atoms with Crippen molar-refractivity contribution in [3.63, 3.8) is 0 Å². The number of halogens is 1. The number of carboxylic acids is 2. The minimum Gasteiger partial charge on any atom is -0.497 e. The molecular weight excluding hydrogens is 616 g/mol. The van der Waals surface area contributed by atoms with Gasteiger partial charge in [0.2, 0.25) is 0 Å². The average Bonchev–Trinajstić information content (AvgIpc) is 3.09. The smallest absolute Gasteiger partial charge is 0.307 e. The molecule has 0 spiro atoms. The van der Waals surface area contributed by atoms with Crippen molar-refractivity contribution in [2.45, 2.75) is 25.7 Å². The van der Waals surface area contributed by atoms with E-state index >= 15 is 0 Å². The van der Waals surface area contributed by atoms with E-state index in [1.54, 1.807) is 61.7 Å². The van der Waals surface area contributed by atoms with E-state index in [1.807, 2.05) is 66.7 Å². The van der Waals surface area contributed by atoms with Crippen LogP contribution in [0.15, 0.2) is 121 Å². The summed E-state index contributed by atoms with van der Waals surface area (Å²) >= 11 is 5.82. The first-order chi connectivity index (χ1) is 22.6. The van der Waals surface area contributed by atoms with Crippen molar-refractivity contribution >= 4 is 45.9 Å². The molecule has 0 aliphatic heterocycles. The summed E-state index contributed by atoms with van der Waals surface area (Å²) in [5.74, 6) is -3.09. The third-order valence-electron chi connectivity index (χ3n) is 7.77. The second-order valence-corrected chi connectivity index (χ2v) is 11.6. The molecule has 0 heterocycles. The van der Waals surface area contributed by atoms with Gasteiger partial charge in [-0.25, -0.2) is 0 Å². The maximum atomic E-state index is 12.5. The van der Waals surface area contributed by atoms with E-state index in [1.165, 1.54) is 0 Å². The van der Waals surface area contributed by atoms with Crippen molar-refractivity contribution in [2.75, 3.05) is 7.11 Å². The minimum atomic E-state index is -0.984. The summed E-state index contributed by atoms with van der Waals surface area (Å²) in [6.45, 7) is 0. The molecule has 5 rings (SSSR count). The lowest BCUT2D eigenvalue weighted by molar-refractivity contribution is -0.142. The molecule has 8 heteroatoms. The topological polar surface area (TPSA) is 118 Å². The summed E-state index contributed by atoms with van der Waals surface area (Å²) in [4.78, 5) is 47.8. The highest BCUT2D eigenvalue weighted by molar-refractivity contribution is 6.30. The summed E-state index contributed by atoms with van der Waals surface area (Å²) in [5, 5.41) is 21.5. The molecule has 0 saturated heterocycles. The number of aliphatic carboxylic acids is 2. The fourth-order valence-corrected chi connectivity index (χ4v) is 5.25. The van der Waals surface area contributed by atoms with Crippen LogP contribution in [0.25, 0.3) is 10.8 Å². The molecule has 0 saturated carbocycles. The van der Waals surface area contributed by atoms with E-state index in [0.29, 0.717) is 28.3 Å². The first-order valence-corrected chi connectivity index (χ1v) is 15.4. The number of carboxylic acid groups (broad SMARTS) is 2. The normalized spacial score (nSPS) is 11.9. The zero-order chi connectivity index (χ0) is 33.8. The molecule has 0 aliphatic carbocycles. The van der Waals surface area contributed by atoms with Crippen LogP contribution in [0.2, 0.25) is 5.02 Å². The monoisotopic (exact) mass is 650 g/mol. The van der Waals surface area contributed by atoms with Gasteiger partial charge in [-0.1, -0.05) is 90.5 Å². The van der Waals surface area contributed by atoms with Gasteiger partial charge in [0.25, 0.3) is 0 Å². The molecule has 7 nitrogen and oxygen atoms in total. The van der Waals surface area contributed by atoms with Crippen LogP contribution in [0, 0.1) is 11.8 Å². The van der Waals surface area contributed by atoms with Crippen LogP contribution in [0.5, 0.6) is 5.75 Å². The number of methoxy groups -OCH3 is 1. The van der Waals surface area contributed by atoms with Crippen LogP contribution in [0.3, 0.4) is 0 Å². The van der Waals surface area contributed by atoms with E-state index in [9.17, 15) is 29.4 Å².